The predicted molar refractivity (Wildman–Crippen MR) is 63.7 cm³/mol. The summed E-state index contributed by atoms with van der Waals surface area (Å²) >= 11 is 9.82. The lowest BCUT2D eigenvalue weighted by Gasteiger charge is -2.03. The van der Waals surface area contributed by atoms with Crippen LogP contribution in [0, 0.1) is 15.9 Å². The van der Waals surface area contributed by atoms with E-state index in [1.54, 1.807) is 11.8 Å². The molecule has 0 saturated carbocycles. The van der Waals surface area contributed by atoms with Gasteiger partial charge in [0.05, 0.1) is 10.8 Å². The molecular formula is C9H6ClIS. The Morgan fingerprint density at radius 2 is 2.33 bits per heavy atom. The Morgan fingerprint density at radius 3 is 2.92 bits per heavy atom. The molecule has 12 heavy (non-hydrogen) atoms. The standard InChI is InChI=1S/C9H6ClIS/c1-2-6-12-9-7(10)4-3-5-8(9)11/h1,3-5H,6H2. The second-order valence-electron chi connectivity index (χ2n) is 2.04. The highest BCUT2D eigenvalue weighted by Crippen LogP contribution is 2.31. The van der Waals surface area contributed by atoms with Crippen LogP contribution in [-0.4, -0.2) is 5.75 Å². The topological polar surface area (TPSA) is 0 Å². The molecule has 1 rings (SSSR count). The average molecular weight is 309 g/mol. The summed E-state index contributed by atoms with van der Waals surface area (Å²) in [5, 5.41) is 0.780. The van der Waals surface area contributed by atoms with Gasteiger partial charge < -0.3 is 0 Å². The highest BCUT2D eigenvalue weighted by Gasteiger charge is 2.03. The van der Waals surface area contributed by atoms with E-state index in [2.05, 4.69) is 28.5 Å². The van der Waals surface area contributed by atoms with E-state index < -0.39 is 0 Å². The number of terminal acetylenes is 1. The van der Waals surface area contributed by atoms with Crippen LogP contribution in [0.1, 0.15) is 0 Å². The minimum atomic E-state index is 0.666. The zero-order chi connectivity index (χ0) is 8.97. The molecule has 0 radical (unpaired) electrons. The average Bonchev–Trinajstić information content (AvgIpc) is 2.04. The molecule has 0 heterocycles. The molecule has 1 aromatic rings. The van der Waals surface area contributed by atoms with Gasteiger partial charge in [-0.2, -0.15) is 0 Å². The van der Waals surface area contributed by atoms with Crippen molar-refractivity contribution in [3.05, 3.63) is 26.8 Å². The first-order valence-corrected chi connectivity index (χ1v) is 5.70. The number of halogens is 2. The van der Waals surface area contributed by atoms with E-state index in [0.717, 1.165) is 13.5 Å². The number of benzene rings is 1. The summed E-state index contributed by atoms with van der Waals surface area (Å²) in [6, 6.07) is 5.83. The Bertz CT molecular complexity index is 297. The zero-order valence-electron chi connectivity index (χ0n) is 6.18. The summed E-state index contributed by atoms with van der Waals surface area (Å²) in [4.78, 5) is 1.08. The van der Waals surface area contributed by atoms with Gasteiger partial charge in [-0.3, -0.25) is 0 Å². The second-order valence-corrected chi connectivity index (χ2v) is 4.60. The molecule has 62 valence electrons. The first kappa shape index (κ1) is 10.2. The second kappa shape index (κ2) is 5.00. The normalized spacial score (nSPS) is 9.42. The van der Waals surface area contributed by atoms with Crippen molar-refractivity contribution in [3.8, 4) is 12.3 Å². The fourth-order valence-corrected chi connectivity index (χ4v) is 2.84. The number of rotatable bonds is 2. The monoisotopic (exact) mass is 308 g/mol. The van der Waals surface area contributed by atoms with Crippen LogP contribution < -0.4 is 0 Å². The molecule has 0 aliphatic rings. The van der Waals surface area contributed by atoms with E-state index in [0.29, 0.717) is 5.75 Å². The van der Waals surface area contributed by atoms with Gasteiger partial charge in [-0.15, -0.1) is 18.2 Å². The third kappa shape index (κ3) is 2.58. The number of thioether (sulfide) groups is 1. The minimum Gasteiger partial charge on any atom is -0.119 e. The molecule has 0 nitrogen and oxygen atoms in total. The fraction of sp³-hybridized carbons (Fsp3) is 0.111. The lowest BCUT2D eigenvalue weighted by molar-refractivity contribution is 1.40. The molecule has 0 aromatic heterocycles. The Kier molecular flexibility index (Phi) is 4.27. The van der Waals surface area contributed by atoms with Crippen LogP contribution in [-0.2, 0) is 0 Å². The third-order valence-electron chi connectivity index (χ3n) is 1.22. The van der Waals surface area contributed by atoms with Crippen LogP contribution in [0.2, 0.25) is 5.02 Å². The predicted octanol–water partition coefficient (Wildman–Crippen LogP) is 3.67. The molecule has 0 saturated heterocycles. The molecule has 1 aromatic carbocycles. The number of hydrogen-bond acceptors (Lipinski definition) is 1. The lowest BCUT2D eigenvalue weighted by atomic mass is 10.4. The van der Waals surface area contributed by atoms with Gasteiger partial charge in [0.25, 0.3) is 0 Å². The van der Waals surface area contributed by atoms with Crippen LogP contribution in [0.5, 0.6) is 0 Å². The smallest absolute Gasteiger partial charge is 0.0593 e. The summed E-state index contributed by atoms with van der Waals surface area (Å²) in [7, 11) is 0. The Labute approximate surface area is 95.2 Å². The fourth-order valence-electron chi connectivity index (χ4n) is 0.734. The van der Waals surface area contributed by atoms with Crippen LogP contribution >= 0.6 is 46.0 Å². The summed E-state index contributed by atoms with van der Waals surface area (Å²) in [5.41, 5.74) is 0. The van der Waals surface area contributed by atoms with Crippen molar-refractivity contribution in [3.63, 3.8) is 0 Å². The minimum absolute atomic E-state index is 0.666. The molecule has 0 aliphatic heterocycles. The third-order valence-corrected chi connectivity index (χ3v) is 3.95. The van der Waals surface area contributed by atoms with Crippen molar-refractivity contribution in [1.29, 1.82) is 0 Å². The largest absolute Gasteiger partial charge is 0.119 e. The van der Waals surface area contributed by atoms with Gasteiger partial charge in [0.1, 0.15) is 0 Å². The first-order chi connectivity index (χ1) is 5.75. The van der Waals surface area contributed by atoms with Gasteiger partial charge in [-0.1, -0.05) is 23.6 Å². The van der Waals surface area contributed by atoms with E-state index in [4.69, 9.17) is 18.0 Å². The SMILES string of the molecule is C#CCSc1c(Cl)cccc1I. The molecule has 0 spiro atoms. The molecule has 0 amide bonds. The van der Waals surface area contributed by atoms with Crippen molar-refractivity contribution in [2.24, 2.45) is 0 Å². The van der Waals surface area contributed by atoms with Gasteiger partial charge in [-0.05, 0) is 34.7 Å². The van der Waals surface area contributed by atoms with E-state index >= 15 is 0 Å². The van der Waals surface area contributed by atoms with E-state index in [9.17, 15) is 0 Å². The van der Waals surface area contributed by atoms with Crippen molar-refractivity contribution in [2.45, 2.75) is 4.90 Å². The Balaban J connectivity index is 2.90. The van der Waals surface area contributed by atoms with Crippen LogP contribution in [0.3, 0.4) is 0 Å². The molecule has 0 unspecified atom stereocenters. The van der Waals surface area contributed by atoms with Crippen LogP contribution in [0.15, 0.2) is 23.1 Å². The lowest BCUT2D eigenvalue weighted by Crippen LogP contribution is -1.81. The molecule has 0 N–H and O–H groups in total. The van der Waals surface area contributed by atoms with Gasteiger partial charge >= 0.3 is 0 Å². The molecular weight excluding hydrogens is 303 g/mol. The van der Waals surface area contributed by atoms with Gasteiger partial charge in [0, 0.05) is 8.47 Å². The highest BCUT2D eigenvalue weighted by atomic mass is 127. The maximum Gasteiger partial charge on any atom is 0.0593 e. The van der Waals surface area contributed by atoms with E-state index in [1.807, 2.05) is 18.2 Å². The van der Waals surface area contributed by atoms with Gasteiger partial charge in [0.15, 0.2) is 0 Å². The maximum absolute atomic E-state index is 5.97. The molecule has 0 bridgehead atoms. The number of hydrogen-bond donors (Lipinski definition) is 0. The molecule has 0 fully saturated rings. The highest BCUT2D eigenvalue weighted by molar-refractivity contribution is 14.1. The first-order valence-electron chi connectivity index (χ1n) is 3.26. The van der Waals surface area contributed by atoms with Crippen LogP contribution in [0.25, 0.3) is 0 Å². The molecule has 3 heteroatoms. The maximum atomic E-state index is 5.97. The van der Waals surface area contributed by atoms with Crippen LogP contribution in [0.4, 0.5) is 0 Å². The van der Waals surface area contributed by atoms with Gasteiger partial charge in [0.2, 0.25) is 0 Å². The van der Waals surface area contributed by atoms with E-state index in [1.165, 1.54) is 0 Å². The summed E-state index contributed by atoms with van der Waals surface area (Å²) in [6.45, 7) is 0. The Morgan fingerprint density at radius 1 is 1.58 bits per heavy atom. The zero-order valence-corrected chi connectivity index (χ0v) is 9.91. The Hall–Kier alpha value is 0.150. The van der Waals surface area contributed by atoms with Crippen molar-refractivity contribution in [1.82, 2.24) is 0 Å². The van der Waals surface area contributed by atoms with Crippen molar-refractivity contribution in [2.75, 3.05) is 5.75 Å². The van der Waals surface area contributed by atoms with E-state index in [-0.39, 0.29) is 0 Å². The summed E-state index contributed by atoms with van der Waals surface area (Å²) in [5.74, 6) is 3.24. The summed E-state index contributed by atoms with van der Waals surface area (Å²) in [6.07, 6.45) is 5.16. The quantitative estimate of drug-likeness (QED) is 0.456. The van der Waals surface area contributed by atoms with Crippen molar-refractivity contribution < 1.29 is 0 Å². The van der Waals surface area contributed by atoms with Gasteiger partial charge in [-0.25, -0.2) is 0 Å². The molecule has 0 atom stereocenters. The van der Waals surface area contributed by atoms with Crippen molar-refractivity contribution >= 4 is 46.0 Å². The molecule has 0 aliphatic carbocycles. The summed E-state index contributed by atoms with van der Waals surface area (Å²) < 4.78 is 1.15.